The summed E-state index contributed by atoms with van der Waals surface area (Å²) in [4.78, 5) is 25.6. The van der Waals surface area contributed by atoms with Gasteiger partial charge in [0.2, 0.25) is 11.8 Å². The Labute approximate surface area is 167 Å². The number of alkyl halides is 3. The molecule has 2 N–H and O–H groups in total. The van der Waals surface area contributed by atoms with Crippen LogP contribution in [0.2, 0.25) is 0 Å². The molecule has 0 fully saturated rings. The van der Waals surface area contributed by atoms with E-state index in [1.54, 1.807) is 25.1 Å². The van der Waals surface area contributed by atoms with Crippen LogP contribution in [-0.2, 0) is 15.8 Å². The van der Waals surface area contributed by atoms with Crippen molar-refractivity contribution < 1.29 is 22.8 Å². The van der Waals surface area contributed by atoms with Gasteiger partial charge in [0.25, 0.3) is 0 Å². The molecule has 156 valence electrons. The summed E-state index contributed by atoms with van der Waals surface area (Å²) >= 11 is 0. The molecule has 0 unspecified atom stereocenters. The second-order valence-corrected chi connectivity index (χ2v) is 6.89. The Morgan fingerprint density at radius 1 is 1.10 bits per heavy atom. The monoisotopic (exact) mass is 407 g/mol. The third kappa shape index (κ3) is 6.90. The zero-order valence-electron chi connectivity index (χ0n) is 16.5. The van der Waals surface area contributed by atoms with Gasteiger partial charge in [-0.2, -0.15) is 13.2 Å². The molecule has 0 bridgehead atoms. The molecule has 0 saturated carbocycles. The second kappa shape index (κ2) is 9.56. The highest BCUT2D eigenvalue weighted by atomic mass is 19.4. The third-order valence-corrected chi connectivity index (χ3v) is 4.42. The summed E-state index contributed by atoms with van der Waals surface area (Å²) in [5.74, 6) is -0.682. The van der Waals surface area contributed by atoms with Crippen molar-refractivity contribution in [3.05, 3.63) is 65.2 Å². The molecule has 0 aromatic heterocycles. The smallest absolute Gasteiger partial charge is 0.335 e. The maximum Gasteiger partial charge on any atom is 0.416 e. The highest BCUT2D eigenvalue weighted by Gasteiger charge is 2.30. The summed E-state index contributed by atoms with van der Waals surface area (Å²) in [6, 6.07) is 11.8. The molecular formula is C21H24F3N3O2. The van der Waals surface area contributed by atoms with E-state index in [2.05, 4.69) is 10.6 Å². The van der Waals surface area contributed by atoms with Gasteiger partial charge in [-0.15, -0.1) is 0 Å². The summed E-state index contributed by atoms with van der Waals surface area (Å²) in [5, 5.41) is 5.60. The van der Waals surface area contributed by atoms with Gasteiger partial charge < -0.3 is 15.5 Å². The van der Waals surface area contributed by atoms with Gasteiger partial charge >= 0.3 is 6.18 Å². The minimum atomic E-state index is -4.42. The molecule has 0 aliphatic carbocycles. The Morgan fingerprint density at radius 2 is 1.76 bits per heavy atom. The molecule has 0 aliphatic heterocycles. The average molecular weight is 407 g/mol. The molecule has 0 aliphatic rings. The predicted molar refractivity (Wildman–Crippen MR) is 105 cm³/mol. The van der Waals surface area contributed by atoms with Crippen LogP contribution in [0.5, 0.6) is 0 Å². The lowest BCUT2D eigenvalue weighted by atomic mass is 10.0. The van der Waals surface area contributed by atoms with E-state index >= 15 is 0 Å². The van der Waals surface area contributed by atoms with Crippen LogP contribution in [0.3, 0.4) is 0 Å². The van der Waals surface area contributed by atoms with Crippen LogP contribution < -0.4 is 10.6 Å². The zero-order valence-corrected chi connectivity index (χ0v) is 16.5. The van der Waals surface area contributed by atoms with Gasteiger partial charge in [-0.05, 0) is 43.7 Å². The SMILES string of the molecule is Cc1ccc(NC(=O)CN(C)C(=O)CN[C@H](C)c2cccc(C(F)(F)F)c2)cc1. The number of likely N-dealkylation sites (N-methyl/N-ethyl adjacent to an activating group) is 1. The average Bonchev–Trinajstić information content (AvgIpc) is 2.67. The van der Waals surface area contributed by atoms with Crippen molar-refractivity contribution in [1.29, 1.82) is 0 Å². The molecule has 2 aromatic carbocycles. The standard InChI is InChI=1S/C21H24F3N3O2/c1-14-7-9-18(10-8-14)26-19(28)13-27(3)20(29)12-25-15(2)16-5-4-6-17(11-16)21(22,23)24/h4-11,15,25H,12-13H2,1-3H3,(H,26,28)/t15-/m1/s1. The molecule has 0 radical (unpaired) electrons. The molecule has 2 rings (SSSR count). The number of halogens is 3. The van der Waals surface area contributed by atoms with Gasteiger partial charge in [0.05, 0.1) is 18.7 Å². The quantitative estimate of drug-likeness (QED) is 0.735. The van der Waals surface area contributed by atoms with Gasteiger partial charge in [-0.1, -0.05) is 29.8 Å². The van der Waals surface area contributed by atoms with Crippen molar-refractivity contribution in [2.24, 2.45) is 0 Å². The first-order valence-corrected chi connectivity index (χ1v) is 9.07. The van der Waals surface area contributed by atoms with Gasteiger partial charge in [0.15, 0.2) is 0 Å². The van der Waals surface area contributed by atoms with Crippen molar-refractivity contribution in [3.8, 4) is 0 Å². The normalized spacial score (nSPS) is 12.3. The number of rotatable bonds is 7. The van der Waals surface area contributed by atoms with E-state index in [9.17, 15) is 22.8 Å². The van der Waals surface area contributed by atoms with Crippen LogP contribution in [0.15, 0.2) is 48.5 Å². The fraction of sp³-hybridized carbons (Fsp3) is 0.333. The number of carbonyl (C=O) groups excluding carboxylic acids is 2. The number of nitrogens with zero attached hydrogens (tertiary/aromatic N) is 1. The van der Waals surface area contributed by atoms with Crippen LogP contribution in [0.4, 0.5) is 18.9 Å². The Bertz CT molecular complexity index is 851. The summed E-state index contributed by atoms with van der Waals surface area (Å²) in [6.45, 7) is 3.37. The Hall–Kier alpha value is -2.87. The Kier molecular flexibility index (Phi) is 7.39. The highest BCUT2D eigenvalue weighted by molar-refractivity contribution is 5.94. The van der Waals surface area contributed by atoms with E-state index in [1.165, 1.54) is 18.0 Å². The van der Waals surface area contributed by atoms with E-state index in [4.69, 9.17) is 0 Å². The lowest BCUT2D eigenvalue weighted by molar-refractivity contribution is -0.137. The molecule has 2 aromatic rings. The van der Waals surface area contributed by atoms with Crippen LogP contribution >= 0.6 is 0 Å². The summed E-state index contributed by atoms with van der Waals surface area (Å²) in [5.41, 5.74) is 1.39. The van der Waals surface area contributed by atoms with Crippen LogP contribution in [0.1, 0.15) is 29.7 Å². The minimum absolute atomic E-state index is 0.105. The topological polar surface area (TPSA) is 61.4 Å². The first-order valence-electron chi connectivity index (χ1n) is 9.07. The molecule has 2 amide bonds. The molecule has 29 heavy (non-hydrogen) atoms. The molecular weight excluding hydrogens is 383 g/mol. The third-order valence-electron chi connectivity index (χ3n) is 4.42. The predicted octanol–water partition coefficient (Wildman–Crippen LogP) is 3.76. The number of amides is 2. The van der Waals surface area contributed by atoms with Crippen molar-refractivity contribution in [1.82, 2.24) is 10.2 Å². The number of anilines is 1. The van der Waals surface area contributed by atoms with Crippen molar-refractivity contribution in [2.45, 2.75) is 26.1 Å². The molecule has 5 nitrogen and oxygen atoms in total. The summed E-state index contributed by atoms with van der Waals surface area (Å²) < 4.78 is 38.5. The van der Waals surface area contributed by atoms with Gasteiger partial charge in [0.1, 0.15) is 0 Å². The first kappa shape index (κ1) is 22.4. The maximum atomic E-state index is 12.8. The highest BCUT2D eigenvalue weighted by Crippen LogP contribution is 2.30. The summed E-state index contributed by atoms with van der Waals surface area (Å²) in [7, 11) is 1.49. The zero-order chi connectivity index (χ0) is 21.6. The Balaban J connectivity index is 1.84. The fourth-order valence-corrected chi connectivity index (χ4v) is 2.62. The molecule has 1 atom stereocenters. The van der Waals surface area contributed by atoms with Crippen LogP contribution in [0, 0.1) is 6.92 Å². The van der Waals surface area contributed by atoms with Crippen LogP contribution in [0.25, 0.3) is 0 Å². The number of carbonyl (C=O) groups is 2. The van der Waals surface area contributed by atoms with E-state index in [1.807, 2.05) is 19.1 Å². The van der Waals surface area contributed by atoms with E-state index in [-0.39, 0.29) is 24.9 Å². The number of aryl methyl sites for hydroxylation is 1. The van der Waals surface area contributed by atoms with E-state index < -0.39 is 17.8 Å². The fourth-order valence-electron chi connectivity index (χ4n) is 2.62. The summed E-state index contributed by atoms with van der Waals surface area (Å²) in [6.07, 6.45) is -4.42. The second-order valence-electron chi connectivity index (χ2n) is 6.89. The van der Waals surface area contributed by atoms with E-state index in [0.29, 0.717) is 11.3 Å². The maximum absolute atomic E-state index is 12.8. The number of hydrogen-bond donors (Lipinski definition) is 2. The van der Waals surface area contributed by atoms with Gasteiger partial charge in [-0.3, -0.25) is 9.59 Å². The van der Waals surface area contributed by atoms with Crippen molar-refractivity contribution >= 4 is 17.5 Å². The number of hydrogen-bond acceptors (Lipinski definition) is 3. The minimum Gasteiger partial charge on any atom is -0.335 e. The van der Waals surface area contributed by atoms with Crippen molar-refractivity contribution in [2.75, 3.05) is 25.5 Å². The van der Waals surface area contributed by atoms with Crippen LogP contribution in [-0.4, -0.2) is 36.9 Å². The Morgan fingerprint density at radius 3 is 2.38 bits per heavy atom. The molecule has 8 heteroatoms. The van der Waals surface area contributed by atoms with Gasteiger partial charge in [0, 0.05) is 18.8 Å². The molecule has 0 spiro atoms. The number of nitrogens with one attached hydrogen (secondary N) is 2. The lowest BCUT2D eigenvalue weighted by Crippen LogP contribution is -2.40. The van der Waals surface area contributed by atoms with Gasteiger partial charge in [-0.25, -0.2) is 0 Å². The molecule has 0 saturated heterocycles. The van der Waals surface area contributed by atoms with Crippen molar-refractivity contribution in [3.63, 3.8) is 0 Å². The van der Waals surface area contributed by atoms with E-state index in [0.717, 1.165) is 17.7 Å². The largest absolute Gasteiger partial charge is 0.416 e. The lowest BCUT2D eigenvalue weighted by Gasteiger charge is -2.20. The number of benzene rings is 2. The first-order chi connectivity index (χ1) is 13.6. The molecule has 0 heterocycles.